The lowest BCUT2D eigenvalue weighted by Crippen LogP contribution is -2.32. The highest BCUT2D eigenvalue weighted by Gasteiger charge is 2.25. The Morgan fingerprint density at radius 3 is 2.62 bits per heavy atom. The van der Waals surface area contributed by atoms with Crippen LogP contribution < -0.4 is 5.32 Å². The first-order chi connectivity index (χ1) is 10.0. The minimum absolute atomic E-state index is 0.273. The molecular formula is C16H26N4S. The third kappa shape index (κ3) is 3.34. The van der Waals surface area contributed by atoms with Crippen LogP contribution in [0, 0.1) is 0 Å². The zero-order valence-corrected chi connectivity index (χ0v) is 14.5. The molecule has 0 aliphatic heterocycles. The monoisotopic (exact) mass is 306 g/mol. The summed E-state index contributed by atoms with van der Waals surface area (Å²) in [6.45, 7) is 9.76. The largest absolute Gasteiger partial charge is 0.367 e. The lowest BCUT2D eigenvalue weighted by molar-refractivity contribution is 0.574. The molecule has 5 heteroatoms. The molecule has 0 unspecified atom stereocenters. The summed E-state index contributed by atoms with van der Waals surface area (Å²) in [5.41, 5.74) is 2.16. The maximum atomic E-state index is 4.61. The first-order valence-electron chi connectivity index (χ1n) is 7.68. The summed E-state index contributed by atoms with van der Waals surface area (Å²) in [5.74, 6) is 1.35. The van der Waals surface area contributed by atoms with Crippen LogP contribution in [0.15, 0.2) is 18.5 Å². The quantitative estimate of drug-likeness (QED) is 0.833. The van der Waals surface area contributed by atoms with Gasteiger partial charge in [-0.15, -0.1) is 0 Å². The molecule has 0 saturated heterocycles. The smallest absolute Gasteiger partial charge is 0.152 e. The van der Waals surface area contributed by atoms with Gasteiger partial charge in [0, 0.05) is 23.7 Å². The predicted octanol–water partition coefficient (Wildman–Crippen LogP) is 4.19. The second-order valence-electron chi connectivity index (χ2n) is 5.78. The van der Waals surface area contributed by atoms with Gasteiger partial charge < -0.3 is 5.32 Å². The van der Waals surface area contributed by atoms with Gasteiger partial charge in [-0.2, -0.15) is 16.9 Å². The fraction of sp³-hybridized carbons (Fsp3) is 0.625. The van der Waals surface area contributed by atoms with E-state index in [1.54, 1.807) is 0 Å². The molecule has 2 rings (SSSR count). The first-order valence-corrected chi connectivity index (χ1v) is 8.91. The van der Waals surface area contributed by atoms with Crippen LogP contribution in [-0.4, -0.2) is 32.1 Å². The molecule has 2 aromatic heterocycles. The van der Waals surface area contributed by atoms with Gasteiger partial charge in [-0.3, -0.25) is 0 Å². The number of nitrogens with zero attached hydrogens (tertiary/aromatic N) is 3. The van der Waals surface area contributed by atoms with Crippen molar-refractivity contribution < 1.29 is 0 Å². The van der Waals surface area contributed by atoms with Crippen molar-refractivity contribution in [1.82, 2.24) is 14.6 Å². The summed E-state index contributed by atoms with van der Waals surface area (Å²) in [6.07, 6.45) is 8.21. The van der Waals surface area contributed by atoms with Crippen LogP contribution in [0.1, 0.15) is 52.1 Å². The van der Waals surface area contributed by atoms with Crippen molar-refractivity contribution in [3.05, 3.63) is 24.2 Å². The van der Waals surface area contributed by atoms with Gasteiger partial charge >= 0.3 is 0 Å². The number of thioether (sulfide) groups is 1. The number of aromatic nitrogens is 3. The molecule has 0 aromatic carbocycles. The van der Waals surface area contributed by atoms with Gasteiger partial charge in [0.05, 0.1) is 5.69 Å². The molecule has 0 bridgehead atoms. The molecule has 0 aliphatic rings. The second kappa shape index (κ2) is 6.69. The van der Waals surface area contributed by atoms with Gasteiger partial charge in [0.15, 0.2) is 5.82 Å². The average Bonchev–Trinajstić information content (AvgIpc) is 2.94. The molecule has 2 aromatic rings. The summed E-state index contributed by atoms with van der Waals surface area (Å²) >= 11 is 1.94. The highest BCUT2D eigenvalue weighted by atomic mass is 32.2. The molecule has 0 aliphatic carbocycles. The lowest BCUT2D eigenvalue weighted by atomic mass is 10.0. The van der Waals surface area contributed by atoms with Gasteiger partial charge in [0.2, 0.25) is 0 Å². The Kier molecular flexibility index (Phi) is 5.14. The van der Waals surface area contributed by atoms with E-state index >= 15 is 0 Å². The SMILES string of the molecule is CCC(CC)(CNc1nccn2nc(C(C)C)cc12)SC. The van der Waals surface area contributed by atoms with Crippen LogP contribution in [0.3, 0.4) is 0 Å². The Balaban J connectivity index is 2.26. The summed E-state index contributed by atoms with van der Waals surface area (Å²) in [5, 5.41) is 8.15. The van der Waals surface area contributed by atoms with E-state index in [9.17, 15) is 0 Å². The molecule has 0 fully saturated rings. The number of nitrogens with one attached hydrogen (secondary N) is 1. The summed E-state index contributed by atoms with van der Waals surface area (Å²) in [4.78, 5) is 4.50. The molecule has 0 amide bonds. The van der Waals surface area contributed by atoms with E-state index in [-0.39, 0.29) is 4.75 Å². The number of rotatable bonds is 7. The van der Waals surface area contributed by atoms with Crippen molar-refractivity contribution in [2.45, 2.75) is 51.2 Å². The minimum atomic E-state index is 0.273. The third-order valence-corrected chi connectivity index (χ3v) is 5.89. The van der Waals surface area contributed by atoms with E-state index < -0.39 is 0 Å². The third-order valence-electron chi connectivity index (χ3n) is 4.30. The van der Waals surface area contributed by atoms with E-state index in [1.807, 2.05) is 28.7 Å². The van der Waals surface area contributed by atoms with Crippen molar-refractivity contribution in [3.8, 4) is 0 Å². The molecule has 116 valence electrons. The maximum absolute atomic E-state index is 4.61. The van der Waals surface area contributed by atoms with E-state index in [1.165, 1.54) is 0 Å². The van der Waals surface area contributed by atoms with Crippen molar-refractivity contribution in [1.29, 1.82) is 0 Å². The van der Waals surface area contributed by atoms with Gasteiger partial charge in [-0.25, -0.2) is 9.50 Å². The van der Waals surface area contributed by atoms with Crippen LogP contribution in [-0.2, 0) is 0 Å². The highest BCUT2D eigenvalue weighted by molar-refractivity contribution is 8.00. The fourth-order valence-electron chi connectivity index (χ4n) is 2.46. The molecule has 0 atom stereocenters. The summed E-state index contributed by atoms with van der Waals surface area (Å²) < 4.78 is 2.19. The topological polar surface area (TPSA) is 42.2 Å². The zero-order valence-electron chi connectivity index (χ0n) is 13.7. The second-order valence-corrected chi connectivity index (χ2v) is 7.05. The number of hydrogen-bond donors (Lipinski definition) is 1. The molecule has 4 nitrogen and oxygen atoms in total. The Bertz CT molecular complexity index is 579. The summed E-state index contributed by atoms with van der Waals surface area (Å²) in [7, 11) is 0. The zero-order chi connectivity index (χ0) is 15.5. The van der Waals surface area contributed by atoms with Crippen LogP contribution in [0.4, 0.5) is 5.82 Å². The first kappa shape index (κ1) is 16.1. The molecule has 0 radical (unpaired) electrons. The van der Waals surface area contributed by atoms with Gasteiger partial charge in [-0.1, -0.05) is 27.7 Å². The number of anilines is 1. The van der Waals surface area contributed by atoms with Crippen molar-refractivity contribution in [3.63, 3.8) is 0 Å². The Hall–Kier alpha value is -1.23. The minimum Gasteiger partial charge on any atom is -0.367 e. The average molecular weight is 306 g/mol. The molecule has 21 heavy (non-hydrogen) atoms. The Morgan fingerprint density at radius 2 is 2.05 bits per heavy atom. The predicted molar refractivity (Wildman–Crippen MR) is 92.4 cm³/mol. The van der Waals surface area contributed by atoms with Crippen LogP contribution in [0.25, 0.3) is 5.52 Å². The fourth-order valence-corrected chi connectivity index (χ4v) is 3.26. The number of hydrogen-bond acceptors (Lipinski definition) is 4. The van der Waals surface area contributed by atoms with Crippen molar-refractivity contribution in [2.24, 2.45) is 0 Å². The maximum Gasteiger partial charge on any atom is 0.152 e. The summed E-state index contributed by atoms with van der Waals surface area (Å²) in [6, 6.07) is 2.14. The van der Waals surface area contributed by atoms with Crippen LogP contribution >= 0.6 is 11.8 Å². The molecule has 2 heterocycles. The van der Waals surface area contributed by atoms with Gasteiger partial charge in [-0.05, 0) is 31.1 Å². The standard InChI is InChI=1S/C16H26N4S/c1-6-16(7-2,21-5)11-18-15-14-10-13(12(3)4)19-20(14)9-8-17-15/h8-10,12H,6-7,11H2,1-5H3,(H,17,18). The van der Waals surface area contributed by atoms with Crippen molar-refractivity contribution in [2.75, 3.05) is 18.1 Å². The number of fused-ring (bicyclic) bond motifs is 1. The Labute approximate surface area is 131 Å². The molecule has 0 saturated carbocycles. The molecular weight excluding hydrogens is 280 g/mol. The van der Waals surface area contributed by atoms with E-state index in [0.29, 0.717) is 5.92 Å². The lowest BCUT2D eigenvalue weighted by Gasteiger charge is -2.30. The van der Waals surface area contributed by atoms with Crippen LogP contribution in [0.2, 0.25) is 0 Å². The van der Waals surface area contributed by atoms with Gasteiger partial charge in [0.1, 0.15) is 5.52 Å². The van der Waals surface area contributed by atoms with Gasteiger partial charge in [0.25, 0.3) is 0 Å². The molecule has 1 N–H and O–H groups in total. The highest BCUT2D eigenvalue weighted by Crippen LogP contribution is 2.31. The van der Waals surface area contributed by atoms with Crippen molar-refractivity contribution >= 4 is 23.1 Å². The van der Waals surface area contributed by atoms with E-state index in [4.69, 9.17) is 0 Å². The normalized spacial score (nSPS) is 12.3. The molecule has 0 spiro atoms. The van der Waals surface area contributed by atoms with E-state index in [0.717, 1.165) is 36.4 Å². The Morgan fingerprint density at radius 1 is 1.33 bits per heavy atom. The van der Waals surface area contributed by atoms with E-state index in [2.05, 4.69) is 55.4 Å². The van der Waals surface area contributed by atoms with Crippen LogP contribution in [0.5, 0.6) is 0 Å².